The molecule has 2 aromatic rings. The fraction of sp³-hybridized carbons (Fsp3) is 0.370. The molecule has 1 fully saturated rings. The summed E-state index contributed by atoms with van der Waals surface area (Å²) in [7, 11) is -3.90. The van der Waals surface area contributed by atoms with Gasteiger partial charge in [0.15, 0.2) is 0 Å². The average Bonchev–Trinajstić information content (AvgIpc) is 2.90. The van der Waals surface area contributed by atoms with E-state index in [2.05, 4.69) is 5.32 Å². The van der Waals surface area contributed by atoms with Crippen molar-refractivity contribution >= 4 is 64.9 Å². The van der Waals surface area contributed by atoms with Crippen molar-refractivity contribution in [3.05, 3.63) is 54.1 Å². The molecule has 43 heavy (non-hydrogen) atoms. The minimum absolute atomic E-state index is 0.127. The second-order valence-corrected chi connectivity index (χ2v) is 13.3. The van der Waals surface area contributed by atoms with Crippen LogP contribution >= 0.6 is 0 Å². The summed E-state index contributed by atoms with van der Waals surface area (Å²) in [5, 5.41) is 6.92. The van der Waals surface area contributed by atoms with Crippen LogP contribution in [0.15, 0.2) is 53.4 Å². The van der Waals surface area contributed by atoms with Crippen molar-refractivity contribution in [2.75, 3.05) is 11.9 Å². The first-order chi connectivity index (χ1) is 20.1. The molecule has 1 amide bonds. The molecule has 0 aliphatic carbocycles. The Labute approximate surface area is 253 Å². The molecule has 1 heterocycles. The Morgan fingerprint density at radius 3 is 1.84 bits per heavy atom. The van der Waals surface area contributed by atoms with Crippen LogP contribution in [0.3, 0.4) is 0 Å². The molecule has 0 unspecified atom stereocenters. The van der Waals surface area contributed by atoms with E-state index in [0.717, 1.165) is 18.3 Å². The van der Waals surface area contributed by atoms with Crippen molar-refractivity contribution in [3.63, 3.8) is 0 Å². The van der Waals surface area contributed by atoms with E-state index >= 15 is 0 Å². The van der Waals surface area contributed by atoms with Gasteiger partial charge in [0.2, 0.25) is 0 Å². The van der Waals surface area contributed by atoms with E-state index in [4.69, 9.17) is 28.8 Å². The van der Waals surface area contributed by atoms with Crippen molar-refractivity contribution in [1.29, 1.82) is 0 Å². The first kappa shape index (κ1) is 33.7. The molecule has 0 saturated carbocycles. The Kier molecular flexibility index (Phi) is 11.4. The van der Waals surface area contributed by atoms with Gasteiger partial charge in [0, 0.05) is 0 Å². The number of nitrogens with one attached hydrogen (secondary N) is 1. The third kappa shape index (κ3) is 9.86. The van der Waals surface area contributed by atoms with Crippen molar-refractivity contribution in [2.45, 2.75) is 62.0 Å². The zero-order valence-electron chi connectivity index (χ0n) is 23.5. The van der Waals surface area contributed by atoms with Crippen LogP contribution in [0.2, 0.25) is 0 Å². The van der Waals surface area contributed by atoms with Crippen LogP contribution in [-0.2, 0) is 52.9 Å². The fourth-order valence-electron chi connectivity index (χ4n) is 4.03. The summed E-state index contributed by atoms with van der Waals surface area (Å²) in [5.74, 6) is -3.24. The van der Waals surface area contributed by atoms with Crippen molar-refractivity contribution in [3.8, 4) is 0 Å². The number of sulfonamides is 1. The van der Waals surface area contributed by atoms with Gasteiger partial charge >= 0.3 is 254 Å². The molecule has 2 aromatic carbocycles. The van der Waals surface area contributed by atoms with E-state index in [9.17, 15) is 32.4 Å². The second-order valence-electron chi connectivity index (χ2n) is 9.23. The van der Waals surface area contributed by atoms with E-state index in [1.807, 2.05) is 0 Å². The number of primary sulfonamides is 1. The Morgan fingerprint density at radius 2 is 1.33 bits per heavy atom. The summed E-state index contributed by atoms with van der Waals surface area (Å²) in [6.07, 6.45) is -4.71. The van der Waals surface area contributed by atoms with Gasteiger partial charge < -0.3 is 0 Å². The Balaban J connectivity index is 1.83. The molecule has 1 aliphatic rings. The molecule has 5 atom stereocenters. The van der Waals surface area contributed by atoms with E-state index in [1.54, 1.807) is 24.3 Å². The number of benzene rings is 2. The van der Waals surface area contributed by atoms with Crippen molar-refractivity contribution < 1.29 is 56.1 Å². The van der Waals surface area contributed by atoms with Gasteiger partial charge in [-0.2, -0.15) is 0 Å². The minimum atomic E-state index is -3.90. The van der Waals surface area contributed by atoms with Crippen molar-refractivity contribution in [1.82, 2.24) is 0 Å². The molecule has 1 saturated heterocycles. The SMILES string of the molecule is CC(=O)OC[C@H]1O[C@@H]([Se]c2ccc(NC(=O)c3ccc(S(N)(=O)=O)cc3)cc2)[C@H](OC(C)=O)[C@@H](OC(C)=O)[C@H]1OC(C)=O. The second kappa shape index (κ2) is 14.6. The number of esters is 4. The zero-order chi connectivity index (χ0) is 31.9. The molecule has 16 heteroatoms. The van der Waals surface area contributed by atoms with Crippen LogP contribution in [0.1, 0.15) is 38.1 Å². The number of nitrogens with two attached hydrogens (primary N) is 1. The van der Waals surface area contributed by atoms with E-state index in [-0.39, 0.29) is 17.1 Å². The van der Waals surface area contributed by atoms with Crippen molar-refractivity contribution in [2.24, 2.45) is 5.14 Å². The quantitative estimate of drug-likeness (QED) is 0.193. The molecule has 3 N–H and O–H groups in total. The summed E-state index contributed by atoms with van der Waals surface area (Å²) in [4.78, 5) is 60.0. The molecule has 1 aliphatic heterocycles. The molecule has 232 valence electrons. The Hall–Kier alpha value is -3.82. The predicted molar refractivity (Wildman–Crippen MR) is 150 cm³/mol. The van der Waals surface area contributed by atoms with Gasteiger partial charge in [0.1, 0.15) is 0 Å². The fourth-order valence-corrected chi connectivity index (χ4v) is 6.87. The maximum atomic E-state index is 12.6. The molecular formula is C27H30N2O12SSe. The van der Waals surface area contributed by atoms with Crippen LogP contribution in [0.25, 0.3) is 0 Å². The first-order valence-corrected chi connectivity index (χ1v) is 16.0. The molecule has 0 aromatic heterocycles. The summed E-state index contributed by atoms with van der Waals surface area (Å²) >= 11 is -0.611. The maximum absolute atomic E-state index is 12.6. The van der Waals surface area contributed by atoms with Gasteiger partial charge in [-0.25, -0.2) is 0 Å². The van der Waals surface area contributed by atoms with E-state index < -0.39 is 84.2 Å². The van der Waals surface area contributed by atoms with Gasteiger partial charge in [0.05, 0.1) is 0 Å². The number of hydrogen-bond acceptors (Lipinski definition) is 12. The Bertz CT molecular complexity index is 1460. The molecular weight excluding hydrogens is 655 g/mol. The van der Waals surface area contributed by atoms with Crippen LogP contribution < -0.4 is 14.9 Å². The molecule has 3 rings (SSSR count). The van der Waals surface area contributed by atoms with Gasteiger partial charge in [0.25, 0.3) is 0 Å². The third-order valence-electron chi connectivity index (χ3n) is 5.76. The van der Waals surface area contributed by atoms with Crippen LogP contribution in [0, 0.1) is 0 Å². The molecule has 0 bridgehead atoms. The molecule has 0 spiro atoms. The number of rotatable bonds is 10. The predicted octanol–water partition coefficient (Wildman–Crippen LogP) is -0.00110. The summed E-state index contributed by atoms with van der Waals surface area (Å²) in [6.45, 7) is 4.32. The Morgan fingerprint density at radius 1 is 0.791 bits per heavy atom. The zero-order valence-corrected chi connectivity index (χ0v) is 26.0. The van der Waals surface area contributed by atoms with Crippen LogP contribution in [-0.4, -0.2) is 89.2 Å². The third-order valence-corrected chi connectivity index (χ3v) is 9.11. The number of amides is 1. The van der Waals surface area contributed by atoms with E-state index in [0.29, 0.717) is 5.69 Å². The molecule has 14 nitrogen and oxygen atoms in total. The molecule has 0 radical (unpaired) electrons. The number of carbonyl (C=O) groups is 5. The van der Waals surface area contributed by atoms with Crippen LogP contribution in [0.5, 0.6) is 0 Å². The summed E-state index contributed by atoms with van der Waals surface area (Å²) in [6, 6.07) is 11.8. The van der Waals surface area contributed by atoms with Gasteiger partial charge in [-0.05, 0) is 0 Å². The summed E-state index contributed by atoms with van der Waals surface area (Å²) < 4.78 is 51.2. The van der Waals surface area contributed by atoms with Gasteiger partial charge in [-0.15, -0.1) is 0 Å². The number of ether oxygens (including phenoxy) is 5. The number of hydrogen-bond donors (Lipinski definition) is 2. The van der Waals surface area contributed by atoms with E-state index in [1.165, 1.54) is 38.1 Å². The van der Waals surface area contributed by atoms with Gasteiger partial charge in [-0.1, -0.05) is 0 Å². The monoisotopic (exact) mass is 686 g/mol. The van der Waals surface area contributed by atoms with Gasteiger partial charge in [-0.3, -0.25) is 0 Å². The number of carbonyl (C=O) groups excluding carboxylic acids is 5. The standard InChI is InChI=1S/C27H30N2O12SSe/c1-14(30)37-13-22-23(38-15(2)31)24(39-16(3)32)25(40-17(4)33)27(41-22)43-21-11-7-19(8-12-21)29-26(34)18-5-9-20(10-6-18)42(28,35)36/h5-12,22-25,27H,13H2,1-4H3,(H,29,34)(H2,28,35,36)/t22-,23+,24+,25-,27+/m1/s1. The first-order valence-electron chi connectivity index (χ1n) is 12.7. The number of anilines is 1. The van der Waals surface area contributed by atoms with Crippen LogP contribution in [0.4, 0.5) is 5.69 Å². The average molecular weight is 686 g/mol. The summed E-state index contributed by atoms with van der Waals surface area (Å²) in [5.41, 5.74) is 0.639. The normalized spacial score (nSPS) is 21.7. The topological polar surface area (TPSA) is 204 Å².